The minimum absolute atomic E-state index is 0.158. The van der Waals surface area contributed by atoms with Crippen LogP contribution in [0.25, 0.3) is 22.3 Å². The number of nitrogens with zero attached hydrogens (tertiary/aromatic N) is 4. The summed E-state index contributed by atoms with van der Waals surface area (Å²) in [6, 6.07) is 7.91. The second-order valence-corrected chi connectivity index (χ2v) is 12.6. The normalized spacial score (nSPS) is 22.4. The molecular formula is C34H40N4O5. The van der Waals surface area contributed by atoms with Crippen molar-refractivity contribution in [2.24, 2.45) is 0 Å². The van der Waals surface area contributed by atoms with Crippen molar-refractivity contribution >= 4 is 22.8 Å². The summed E-state index contributed by atoms with van der Waals surface area (Å²) in [4.78, 5) is 48.9. The monoisotopic (exact) mass is 584 g/mol. The molecule has 9 heteroatoms. The topological polar surface area (TPSA) is 105 Å². The molecule has 7 rings (SSSR count). The van der Waals surface area contributed by atoms with Crippen LogP contribution in [0.15, 0.2) is 29.1 Å². The highest BCUT2D eigenvalue weighted by Crippen LogP contribution is 2.41. The third-order valence-electron chi connectivity index (χ3n) is 10.3. The number of carbonyl (C=O) groups is 2. The number of hydrogen-bond donors (Lipinski definition) is 1. The van der Waals surface area contributed by atoms with E-state index in [1.54, 1.807) is 17.6 Å². The Morgan fingerprint density at radius 1 is 1.02 bits per heavy atom. The molecule has 3 aromatic rings. The lowest BCUT2D eigenvalue weighted by atomic mass is 9.77. The van der Waals surface area contributed by atoms with E-state index in [2.05, 4.69) is 11.8 Å². The second-order valence-electron chi connectivity index (χ2n) is 12.6. The summed E-state index contributed by atoms with van der Waals surface area (Å²) in [7, 11) is 0. The Morgan fingerprint density at radius 2 is 1.79 bits per heavy atom. The number of aromatic nitrogens is 2. The van der Waals surface area contributed by atoms with Crippen LogP contribution in [0.3, 0.4) is 0 Å². The predicted molar refractivity (Wildman–Crippen MR) is 163 cm³/mol. The van der Waals surface area contributed by atoms with E-state index in [1.165, 1.54) is 32.4 Å². The van der Waals surface area contributed by atoms with Crippen LogP contribution < -0.4 is 10.3 Å². The number of fused-ring (bicyclic) bond motifs is 5. The summed E-state index contributed by atoms with van der Waals surface area (Å²) in [5.41, 5.74) is 3.27. The summed E-state index contributed by atoms with van der Waals surface area (Å²) in [6.45, 7) is 7.99. The van der Waals surface area contributed by atoms with Crippen LogP contribution in [0, 0.1) is 0 Å². The van der Waals surface area contributed by atoms with E-state index < -0.39 is 5.60 Å². The van der Waals surface area contributed by atoms with Crippen LogP contribution in [0.5, 0.6) is 5.75 Å². The summed E-state index contributed by atoms with van der Waals surface area (Å²) in [5.74, 6) is 0.251. The van der Waals surface area contributed by atoms with Crippen LogP contribution >= 0.6 is 0 Å². The van der Waals surface area contributed by atoms with E-state index in [4.69, 9.17) is 9.72 Å². The number of Topliss-reactive ketones (excluding diaryl/α,β-unsaturated/α-hetero) is 1. The molecule has 2 saturated heterocycles. The molecule has 0 saturated carbocycles. The zero-order valence-electron chi connectivity index (χ0n) is 25.2. The third kappa shape index (κ3) is 4.59. The van der Waals surface area contributed by atoms with Gasteiger partial charge >= 0.3 is 6.09 Å². The van der Waals surface area contributed by atoms with E-state index in [1.807, 2.05) is 23.1 Å². The molecule has 1 amide bonds. The average Bonchev–Trinajstić information content (AvgIpc) is 3.41. The largest absolute Gasteiger partial charge is 0.415 e. The Morgan fingerprint density at radius 3 is 2.51 bits per heavy atom. The standard InChI is InChI=1S/C34H40N4O5/c1-3-23-25-18-22(43-33(41)37-16-12-21(13-17-37)36-14-6-5-7-15-36)8-10-28(25)35-31-26(23)20-38-29(31)19-27-24(32(38)40)9-11-30(39)34(27,42)4-2/h8,10,18-19,21,42H,3-7,9,11-17,20H2,1-2H3/t34-/m0/s1. The van der Waals surface area contributed by atoms with Crippen molar-refractivity contribution in [2.75, 3.05) is 26.2 Å². The summed E-state index contributed by atoms with van der Waals surface area (Å²) < 4.78 is 7.62. The highest BCUT2D eigenvalue weighted by atomic mass is 16.6. The fraction of sp³-hybridized carbons (Fsp3) is 0.529. The molecule has 4 aliphatic rings. The molecule has 2 fully saturated rings. The molecule has 0 bridgehead atoms. The fourth-order valence-corrected chi connectivity index (χ4v) is 7.85. The molecule has 43 heavy (non-hydrogen) atoms. The number of piperidine rings is 2. The molecule has 1 aromatic carbocycles. The highest BCUT2D eigenvalue weighted by Gasteiger charge is 2.43. The smallest absolute Gasteiger partial charge is 0.410 e. The number of hydrogen-bond acceptors (Lipinski definition) is 7. The Hall–Kier alpha value is -3.56. The number of ketones is 1. The number of amides is 1. The zero-order valence-corrected chi connectivity index (χ0v) is 25.2. The van der Waals surface area contributed by atoms with Crippen LogP contribution in [0.1, 0.15) is 81.0 Å². The molecule has 0 radical (unpaired) electrons. The molecule has 1 N–H and O–H groups in total. The Kier molecular flexibility index (Phi) is 7.13. The Balaban J connectivity index is 1.16. The van der Waals surface area contributed by atoms with Crippen molar-refractivity contribution in [1.82, 2.24) is 19.4 Å². The first kappa shape index (κ1) is 28.2. The highest BCUT2D eigenvalue weighted by molar-refractivity contribution is 5.92. The number of rotatable bonds is 4. The molecule has 0 unspecified atom stereocenters. The van der Waals surface area contributed by atoms with Gasteiger partial charge < -0.3 is 24.2 Å². The quantitative estimate of drug-likeness (QED) is 0.375. The molecule has 226 valence electrons. The van der Waals surface area contributed by atoms with Gasteiger partial charge in [-0.25, -0.2) is 9.78 Å². The summed E-state index contributed by atoms with van der Waals surface area (Å²) in [5, 5.41) is 12.2. The molecule has 2 aromatic heterocycles. The number of pyridine rings is 2. The molecular weight excluding hydrogens is 544 g/mol. The predicted octanol–water partition coefficient (Wildman–Crippen LogP) is 4.55. The van der Waals surface area contributed by atoms with Gasteiger partial charge in [-0.05, 0) is 87.9 Å². The van der Waals surface area contributed by atoms with E-state index >= 15 is 0 Å². The van der Waals surface area contributed by atoms with Gasteiger partial charge in [0.05, 0.1) is 23.4 Å². The SMILES string of the molecule is CCc1c2c(nc3ccc(OC(=O)N4CCC(N5CCCCC5)CC4)cc13)-c1cc3c(c(=O)n1C2)CCC(=O)[C@]3(O)CC. The van der Waals surface area contributed by atoms with Gasteiger partial charge in [-0.3, -0.25) is 9.59 Å². The first-order valence-corrected chi connectivity index (χ1v) is 16.0. The number of aryl methyl sites for hydroxylation is 1. The maximum Gasteiger partial charge on any atom is 0.415 e. The van der Waals surface area contributed by atoms with Crippen LogP contribution in [-0.2, 0) is 29.8 Å². The van der Waals surface area contributed by atoms with Gasteiger partial charge in [-0.1, -0.05) is 20.3 Å². The lowest BCUT2D eigenvalue weighted by Crippen LogP contribution is -2.48. The van der Waals surface area contributed by atoms with Gasteiger partial charge in [-0.15, -0.1) is 0 Å². The van der Waals surface area contributed by atoms with Gasteiger partial charge in [0.15, 0.2) is 5.78 Å². The molecule has 3 aliphatic heterocycles. The van der Waals surface area contributed by atoms with Crippen LogP contribution in [-0.4, -0.2) is 68.6 Å². The van der Waals surface area contributed by atoms with Crippen molar-refractivity contribution in [3.63, 3.8) is 0 Å². The van der Waals surface area contributed by atoms with Crippen LogP contribution in [0.4, 0.5) is 4.79 Å². The van der Waals surface area contributed by atoms with Gasteiger partial charge in [0, 0.05) is 47.6 Å². The van der Waals surface area contributed by atoms with Crippen LogP contribution in [0.2, 0.25) is 0 Å². The van der Waals surface area contributed by atoms with Gasteiger partial charge in [0.25, 0.3) is 5.56 Å². The van der Waals surface area contributed by atoms with Gasteiger partial charge in [-0.2, -0.15) is 0 Å². The Bertz CT molecular complexity index is 1680. The van der Waals surface area contributed by atoms with Crippen molar-refractivity contribution < 1.29 is 19.4 Å². The Labute approximate surface area is 251 Å². The fourth-order valence-electron chi connectivity index (χ4n) is 7.85. The van der Waals surface area contributed by atoms with E-state index in [-0.39, 0.29) is 30.3 Å². The van der Waals surface area contributed by atoms with Crippen molar-refractivity contribution in [3.05, 3.63) is 56.9 Å². The van der Waals surface area contributed by atoms with E-state index in [9.17, 15) is 19.5 Å². The first-order chi connectivity index (χ1) is 20.8. The molecule has 1 aliphatic carbocycles. The molecule has 9 nitrogen and oxygen atoms in total. The lowest BCUT2D eigenvalue weighted by molar-refractivity contribution is -0.140. The number of ether oxygens (including phenoxy) is 1. The number of benzene rings is 1. The minimum Gasteiger partial charge on any atom is -0.410 e. The summed E-state index contributed by atoms with van der Waals surface area (Å²) >= 11 is 0. The molecule has 1 atom stereocenters. The number of aliphatic hydroxyl groups is 1. The van der Waals surface area contributed by atoms with Gasteiger partial charge in [0.2, 0.25) is 0 Å². The number of carbonyl (C=O) groups excluding carboxylic acids is 2. The molecule has 0 spiro atoms. The zero-order chi connectivity index (χ0) is 29.9. The minimum atomic E-state index is -1.64. The van der Waals surface area contributed by atoms with Gasteiger partial charge in [0.1, 0.15) is 11.4 Å². The number of likely N-dealkylation sites (tertiary alicyclic amines) is 2. The first-order valence-electron chi connectivity index (χ1n) is 16.0. The average molecular weight is 585 g/mol. The van der Waals surface area contributed by atoms with Crippen molar-refractivity contribution in [1.29, 1.82) is 0 Å². The van der Waals surface area contributed by atoms with Crippen molar-refractivity contribution in [2.45, 2.75) is 89.8 Å². The maximum absolute atomic E-state index is 13.7. The molecule has 5 heterocycles. The third-order valence-corrected chi connectivity index (χ3v) is 10.3. The lowest BCUT2D eigenvalue weighted by Gasteiger charge is -2.39. The van der Waals surface area contributed by atoms with E-state index in [0.29, 0.717) is 66.8 Å². The van der Waals surface area contributed by atoms with Crippen molar-refractivity contribution in [3.8, 4) is 17.1 Å². The van der Waals surface area contributed by atoms with E-state index in [0.717, 1.165) is 34.9 Å². The second kappa shape index (κ2) is 10.9. The maximum atomic E-state index is 13.7. The summed E-state index contributed by atoms with van der Waals surface area (Å²) in [6.07, 6.45) is 6.96.